The molecule has 0 unspecified atom stereocenters. The zero-order valence-electron chi connectivity index (χ0n) is 10.1. The summed E-state index contributed by atoms with van der Waals surface area (Å²) in [7, 11) is 0. The van der Waals surface area contributed by atoms with E-state index in [0.29, 0.717) is 24.7 Å². The first-order chi connectivity index (χ1) is 9.19. The smallest absolute Gasteiger partial charge is 0.226 e. The molecule has 7 heteroatoms. The zero-order chi connectivity index (χ0) is 13.7. The third-order valence-electron chi connectivity index (χ3n) is 2.36. The second-order valence-corrected chi connectivity index (χ2v) is 3.86. The molecule has 0 radical (unpaired) electrons. The lowest BCUT2D eigenvalue weighted by Gasteiger charge is -2.03. The Hall–Kier alpha value is -2.02. The van der Waals surface area contributed by atoms with Crippen molar-refractivity contribution < 1.29 is 18.0 Å². The minimum atomic E-state index is -0.771. The SMILES string of the molecule is NCCCc1nc(COc2ccc(F)cc2F)no1. The zero-order valence-corrected chi connectivity index (χ0v) is 10.1. The van der Waals surface area contributed by atoms with Gasteiger partial charge in [0.25, 0.3) is 0 Å². The number of aryl methyl sites for hydroxylation is 1. The maximum Gasteiger partial charge on any atom is 0.226 e. The lowest BCUT2D eigenvalue weighted by molar-refractivity contribution is 0.271. The summed E-state index contributed by atoms with van der Waals surface area (Å²) in [6, 6.07) is 3.07. The molecule has 1 aromatic heterocycles. The van der Waals surface area contributed by atoms with Crippen molar-refractivity contribution >= 4 is 0 Å². The van der Waals surface area contributed by atoms with Gasteiger partial charge in [-0.15, -0.1) is 0 Å². The van der Waals surface area contributed by atoms with Crippen molar-refractivity contribution in [3.05, 3.63) is 41.5 Å². The van der Waals surface area contributed by atoms with Gasteiger partial charge in [0.15, 0.2) is 18.2 Å². The molecule has 1 heterocycles. The molecule has 0 fully saturated rings. The Balaban J connectivity index is 1.92. The lowest BCUT2D eigenvalue weighted by Crippen LogP contribution is -2.01. The molecule has 2 rings (SSSR count). The number of nitrogens with two attached hydrogens (primary N) is 1. The largest absolute Gasteiger partial charge is 0.482 e. The van der Waals surface area contributed by atoms with Gasteiger partial charge in [-0.3, -0.25) is 0 Å². The Bertz CT molecular complexity index is 546. The van der Waals surface area contributed by atoms with E-state index in [4.69, 9.17) is 15.0 Å². The third-order valence-corrected chi connectivity index (χ3v) is 2.36. The number of nitrogens with zero attached hydrogens (tertiary/aromatic N) is 2. The molecule has 0 atom stereocenters. The van der Waals surface area contributed by atoms with Crippen LogP contribution in [-0.2, 0) is 13.0 Å². The minimum Gasteiger partial charge on any atom is -0.482 e. The van der Waals surface area contributed by atoms with E-state index in [9.17, 15) is 8.78 Å². The summed E-state index contributed by atoms with van der Waals surface area (Å²) in [6.07, 6.45) is 1.34. The molecule has 19 heavy (non-hydrogen) atoms. The molecule has 0 saturated carbocycles. The Morgan fingerprint density at radius 1 is 1.32 bits per heavy atom. The molecule has 0 aliphatic heterocycles. The van der Waals surface area contributed by atoms with Gasteiger partial charge in [0.2, 0.25) is 11.7 Å². The fourth-order valence-electron chi connectivity index (χ4n) is 1.44. The lowest BCUT2D eigenvalue weighted by atomic mass is 10.3. The van der Waals surface area contributed by atoms with Crippen molar-refractivity contribution in [2.24, 2.45) is 5.73 Å². The highest BCUT2D eigenvalue weighted by Crippen LogP contribution is 2.18. The van der Waals surface area contributed by atoms with Gasteiger partial charge in [0.1, 0.15) is 5.82 Å². The fourth-order valence-corrected chi connectivity index (χ4v) is 1.44. The molecule has 2 N–H and O–H groups in total. The quantitative estimate of drug-likeness (QED) is 0.865. The summed E-state index contributed by atoms with van der Waals surface area (Å²) in [6.45, 7) is 0.490. The molecule has 102 valence electrons. The van der Waals surface area contributed by atoms with Crippen LogP contribution in [0.1, 0.15) is 18.1 Å². The summed E-state index contributed by atoms with van der Waals surface area (Å²) in [4.78, 5) is 4.06. The highest BCUT2D eigenvalue weighted by atomic mass is 19.1. The van der Waals surface area contributed by atoms with Crippen molar-refractivity contribution in [3.63, 3.8) is 0 Å². The Kier molecular flexibility index (Phi) is 4.40. The summed E-state index contributed by atoms with van der Waals surface area (Å²) < 4.78 is 36.1. The van der Waals surface area contributed by atoms with Crippen molar-refractivity contribution in [2.75, 3.05) is 6.54 Å². The van der Waals surface area contributed by atoms with Crippen LogP contribution in [-0.4, -0.2) is 16.7 Å². The molecule has 0 saturated heterocycles. The molecular weight excluding hydrogens is 256 g/mol. The molecule has 1 aromatic carbocycles. The topological polar surface area (TPSA) is 74.2 Å². The van der Waals surface area contributed by atoms with Gasteiger partial charge in [-0.05, 0) is 25.1 Å². The van der Waals surface area contributed by atoms with Crippen LogP contribution in [0.15, 0.2) is 22.7 Å². The highest BCUT2D eigenvalue weighted by molar-refractivity contribution is 5.24. The van der Waals surface area contributed by atoms with Crippen LogP contribution in [0.5, 0.6) is 5.75 Å². The van der Waals surface area contributed by atoms with Crippen molar-refractivity contribution in [1.82, 2.24) is 10.1 Å². The van der Waals surface area contributed by atoms with Crippen LogP contribution < -0.4 is 10.5 Å². The third kappa shape index (κ3) is 3.72. The van der Waals surface area contributed by atoms with Gasteiger partial charge in [-0.25, -0.2) is 8.78 Å². The normalized spacial score (nSPS) is 10.7. The summed E-state index contributed by atoms with van der Waals surface area (Å²) in [5.41, 5.74) is 5.36. The average molecular weight is 269 g/mol. The minimum absolute atomic E-state index is 0.0469. The highest BCUT2D eigenvalue weighted by Gasteiger charge is 2.09. The van der Waals surface area contributed by atoms with Crippen LogP contribution in [0.2, 0.25) is 0 Å². The van der Waals surface area contributed by atoms with Crippen LogP contribution in [0, 0.1) is 11.6 Å². The van der Waals surface area contributed by atoms with E-state index >= 15 is 0 Å². The van der Waals surface area contributed by atoms with Gasteiger partial charge in [-0.2, -0.15) is 4.98 Å². The summed E-state index contributed by atoms with van der Waals surface area (Å²) in [5.74, 6) is -0.727. The van der Waals surface area contributed by atoms with Crippen LogP contribution in [0.3, 0.4) is 0 Å². The van der Waals surface area contributed by atoms with Gasteiger partial charge < -0.3 is 15.0 Å². The van der Waals surface area contributed by atoms with E-state index in [1.165, 1.54) is 6.07 Å². The number of hydrogen-bond acceptors (Lipinski definition) is 5. The number of rotatable bonds is 6. The van der Waals surface area contributed by atoms with Crippen molar-refractivity contribution in [2.45, 2.75) is 19.4 Å². The summed E-state index contributed by atoms with van der Waals surface area (Å²) in [5, 5.41) is 3.68. The van der Waals surface area contributed by atoms with Crippen LogP contribution in [0.25, 0.3) is 0 Å². The first-order valence-corrected chi connectivity index (χ1v) is 5.78. The Morgan fingerprint density at radius 2 is 2.16 bits per heavy atom. The second-order valence-electron chi connectivity index (χ2n) is 3.86. The average Bonchev–Trinajstić information content (AvgIpc) is 2.83. The predicted octanol–water partition coefficient (Wildman–Crippen LogP) is 1.82. The van der Waals surface area contributed by atoms with E-state index in [1.807, 2.05) is 0 Å². The molecule has 5 nitrogen and oxygen atoms in total. The van der Waals surface area contributed by atoms with Crippen LogP contribution in [0.4, 0.5) is 8.78 Å². The molecule has 0 bridgehead atoms. The van der Waals surface area contributed by atoms with Gasteiger partial charge in [0.05, 0.1) is 0 Å². The fraction of sp³-hybridized carbons (Fsp3) is 0.333. The standard InChI is InChI=1S/C12H13F2N3O2/c13-8-3-4-10(9(14)6-8)18-7-11-16-12(19-17-11)2-1-5-15/h3-4,6H,1-2,5,7,15H2. The van der Waals surface area contributed by atoms with Crippen molar-refractivity contribution in [1.29, 1.82) is 0 Å². The first-order valence-electron chi connectivity index (χ1n) is 5.78. The number of hydrogen-bond donors (Lipinski definition) is 1. The van der Waals surface area contributed by atoms with Gasteiger partial charge >= 0.3 is 0 Å². The van der Waals surface area contributed by atoms with E-state index in [-0.39, 0.29) is 12.4 Å². The maximum atomic E-state index is 13.3. The molecule has 0 amide bonds. The molecular formula is C12H13F2N3O2. The summed E-state index contributed by atoms with van der Waals surface area (Å²) >= 11 is 0. The Morgan fingerprint density at radius 3 is 2.89 bits per heavy atom. The second kappa shape index (κ2) is 6.24. The molecule has 0 spiro atoms. The van der Waals surface area contributed by atoms with E-state index in [0.717, 1.165) is 18.6 Å². The van der Waals surface area contributed by atoms with Crippen LogP contribution >= 0.6 is 0 Å². The predicted molar refractivity (Wildman–Crippen MR) is 62.4 cm³/mol. The van der Waals surface area contributed by atoms with Gasteiger partial charge in [-0.1, -0.05) is 5.16 Å². The molecule has 0 aliphatic carbocycles. The number of benzene rings is 1. The molecule has 2 aromatic rings. The van der Waals surface area contributed by atoms with E-state index < -0.39 is 11.6 Å². The van der Waals surface area contributed by atoms with Gasteiger partial charge in [0, 0.05) is 12.5 Å². The van der Waals surface area contributed by atoms with Crippen molar-refractivity contribution in [3.8, 4) is 5.75 Å². The number of aromatic nitrogens is 2. The molecule has 0 aliphatic rings. The van der Waals surface area contributed by atoms with E-state index in [1.54, 1.807) is 0 Å². The maximum absolute atomic E-state index is 13.3. The van der Waals surface area contributed by atoms with E-state index in [2.05, 4.69) is 10.1 Å². The Labute approximate surface area is 108 Å². The number of ether oxygens (including phenoxy) is 1. The monoisotopic (exact) mass is 269 g/mol. The first kappa shape index (κ1) is 13.4. The number of halogens is 2.